The first-order chi connectivity index (χ1) is 12.0. The van der Waals surface area contributed by atoms with E-state index in [2.05, 4.69) is 9.51 Å². The SMILES string of the molecule is CC(C)C(=O)OC[C@]1(/C=C/OP(=O)(O)O)C/C1=C/n1ccc(N)nc1=O. The number of aromatic nitrogens is 2. The Labute approximate surface area is 149 Å². The molecule has 0 aromatic carbocycles. The quantitative estimate of drug-likeness (QED) is 0.352. The largest absolute Gasteiger partial charge is 0.524 e. The van der Waals surface area contributed by atoms with Gasteiger partial charge in [-0.1, -0.05) is 13.8 Å². The summed E-state index contributed by atoms with van der Waals surface area (Å²) in [5, 5.41) is 0. The number of hydrogen-bond donors (Lipinski definition) is 3. The van der Waals surface area contributed by atoms with Crippen LogP contribution < -0.4 is 11.4 Å². The van der Waals surface area contributed by atoms with Gasteiger partial charge in [0.2, 0.25) is 0 Å². The number of nitrogen functional groups attached to an aromatic ring is 1. The second-order valence-corrected chi connectivity index (χ2v) is 7.38. The van der Waals surface area contributed by atoms with E-state index in [0.29, 0.717) is 12.0 Å². The number of ether oxygens (including phenoxy) is 1. The molecule has 1 aromatic rings. The van der Waals surface area contributed by atoms with Gasteiger partial charge in [-0.25, -0.2) is 9.36 Å². The van der Waals surface area contributed by atoms with Crippen molar-refractivity contribution in [3.8, 4) is 0 Å². The molecule has 0 unspecified atom stereocenters. The number of nitrogens with zero attached hydrogens (tertiary/aromatic N) is 2. The summed E-state index contributed by atoms with van der Waals surface area (Å²) in [6.45, 7) is 3.32. The molecule has 4 N–H and O–H groups in total. The van der Waals surface area contributed by atoms with E-state index in [1.807, 2.05) is 0 Å². The molecule has 0 saturated heterocycles. The van der Waals surface area contributed by atoms with Gasteiger partial charge in [0, 0.05) is 12.4 Å². The molecule has 0 amide bonds. The fourth-order valence-electron chi connectivity index (χ4n) is 2.13. The highest BCUT2D eigenvalue weighted by molar-refractivity contribution is 7.46. The maximum absolute atomic E-state index is 11.8. The van der Waals surface area contributed by atoms with Crippen LogP contribution >= 0.6 is 7.82 Å². The van der Waals surface area contributed by atoms with Crippen LogP contribution in [0.4, 0.5) is 5.82 Å². The summed E-state index contributed by atoms with van der Waals surface area (Å²) in [6, 6.07) is 1.45. The molecule has 0 bridgehead atoms. The van der Waals surface area contributed by atoms with Gasteiger partial charge in [-0.05, 0) is 24.1 Å². The van der Waals surface area contributed by atoms with E-state index in [-0.39, 0.29) is 18.3 Å². The van der Waals surface area contributed by atoms with Crippen LogP contribution in [-0.2, 0) is 18.6 Å². The first-order valence-corrected chi connectivity index (χ1v) is 9.19. The molecule has 1 aromatic heterocycles. The molecule has 142 valence electrons. The molecular weight excluding hydrogens is 365 g/mol. The van der Waals surface area contributed by atoms with Crippen LogP contribution in [-0.4, -0.2) is 31.9 Å². The Hall–Kier alpha value is -2.42. The minimum absolute atomic E-state index is 0.0476. The molecule has 26 heavy (non-hydrogen) atoms. The Kier molecular flexibility index (Phi) is 5.70. The van der Waals surface area contributed by atoms with Gasteiger partial charge in [0.1, 0.15) is 12.4 Å². The third-order valence-electron chi connectivity index (χ3n) is 3.70. The van der Waals surface area contributed by atoms with Crippen LogP contribution in [0.3, 0.4) is 0 Å². The number of hydrogen-bond acceptors (Lipinski definition) is 7. The van der Waals surface area contributed by atoms with Gasteiger partial charge in [-0.15, -0.1) is 0 Å². The molecule has 1 atom stereocenters. The molecule has 10 nitrogen and oxygen atoms in total. The lowest BCUT2D eigenvalue weighted by Crippen LogP contribution is -2.20. The zero-order valence-corrected chi connectivity index (χ0v) is 15.1. The summed E-state index contributed by atoms with van der Waals surface area (Å²) in [4.78, 5) is 44.6. The van der Waals surface area contributed by atoms with Crippen LogP contribution in [0, 0.1) is 11.3 Å². The maximum atomic E-state index is 11.8. The van der Waals surface area contributed by atoms with E-state index < -0.39 is 24.9 Å². The highest BCUT2D eigenvalue weighted by Gasteiger charge is 2.48. The average molecular weight is 385 g/mol. The van der Waals surface area contributed by atoms with E-state index in [1.165, 1.54) is 29.1 Å². The minimum atomic E-state index is -4.67. The lowest BCUT2D eigenvalue weighted by Gasteiger charge is -2.13. The van der Waals surface area contributed by atoms with Crippen molar-refractivity contribution in [1.82, 2.24) is 9.55 Å². The average Bonchev–Trinajstić information content (AvgIpc) is 3.19. The molecule has 0 aliphatic heterocycles. The number of carbonyl (C=O) groups excluding carboxylic acids is 1. The van der Waals surface area contributed by atoms with Gasteiger partial charge in [0.05, 0.1) is 17.6 Å². The second-order valence-electron chi connectivity index (χ2n) is 6.19. The monoisotopic (exact) mass is 385 g/mol. The lowest BCUT2D eigenvalue weighted by molar-refractivity contribution is -0.148. The summed E-state index contributed by atoms with van der Waals surface area (Å²) in [5.41, 5.74) is 4.76. The van der Waals surface area contributed by atoms with Crippen molar-refractivity contribution in [1.29, 1.82) is 0 Å². The predicted molar refractivity (Wildman–Crippen MR) is 92.3 cm³/mol. The third kappa shape index (κ3) is 5.29. The molecule has 1 aliphatic carbocycles. The highest BCUT2D eigenvalue weighted by atomic mass is 31.2. The van der Waals surface area contributed by atoms with Crippen LogP contribution in [0.15, 0.2) is 35.0 Å². The van der Waals surface area contributed by atoms with Gasteiger partial charge >= 0.3 is 19.5 Å². The molecular formula is C15H20N3O7P. The van der Waals surface area contributed by atoms with Gasteiger partial charge in [0.25, 0.3) is 0 Å². The van der Waals surface area contributed by atoms with E-state index in [0.717, 1.165) is 6.26 Å². The summed E-state index contributed by atoms with van der Waals surface area (Å²) >= 11 is 0. The number of nitrogens with two attached hydrogens (primary N) is 1. The molecule has 0 spiro atoms. The number of phosphoric ester groups is 1. The van der Waals surface area contributed by atoms with Gasteiger partial charge in [-0.2, -0.15) is 4.98 Å². The zero-order chi connectivity index (χ0) is 19.5. The molecule has 1 fully saturated rings. The smallest absolute Gasteiger partial charge is 0.464 e. The van der Waals surface area contributed by atoms with Crippen molar-refractivity contribution in [2.75, 3.05) is 12.3 Å². The molecule has 0 radical (unpaired) electrons. The number of esters is 1. The standard InChI is InChI=1S/C15H20N3O7P/c1-10(2)13(19)24-9-15(4-6-25-26(21,22)23)7-11(15)8-18-5-3-12(16)17-14(18)20/h3-6,8,10H,7,9H2,1-2H3,(H2,16,17,20)(H2,21,22,23)/b6-4+,11-8-/t15-/m0/s1. The summed E-state index contributed by atoms with van der Waals surface area (Å²) in [7, 11) is -4.67. The summed E-state index contributed by atoms with van der Waals surface area (Å²) in [5.74, 6) is -0.642. The van der Waals surface area contributed by atoms with Crippen molar-refractivity contribution in [2.45, 2.75) is 20.3 Å². The number of rotatable bonds is 7. The van der Waals surface area contributed by atoms with Crippen LogP contribution in [0.2, 0.25) is 0 Å². The van der Waals surface area contributed by atoms with Crippen molar-refractivity contribution < 1.29 is 28.4 Å². The molecule has 2 rings (SSSR count). The van der Waals surface area contributed by atoms with Gasteiger partial charge in [-0.3, -0.25) is 19.1 Å². The van der Waals surface area contributed by atoms with Crippen LogP contribution in [0.25, 0.3) is 6.20 Å². The molecule has 1 aliphatic rings. The predicted octanol–water partition coefficient (Wildman–Crippen LogP) is 0.879. The van der Waals surface area contributed by atoms with Gasteiger partial charge < -0.3 is 15.0 Å². The Morgan fingerprint density at radius 3 is 2.81 bits per heavy atom. The van der Waals surface area contributed by atoms with Crippen LogP contribution in [0.1, 0.15) is 20.3 Å². The maximum Gasteiger partial charge on any atom is 0.524 e. The third-order valence-corrected chi connectivity index (χ3v) is 4.09. The molecule has 1 saturated carbocycles. The zero-order valence-electron chi connectivity index (χ0n) is 14.2. The first-order valence-electron chi connectivity index (χ1n) is 7.66. The number of carbonyl (C=O) groups is 1. The Morgan fingerprint density at radius 2 is 2.23 bits per heavy atom. The molecule has 1 heterocycles. The molecule has 11 heteroatoms. The summed E-state index contributed by atoms with van der Waals surface area (Å²) < 4.78 is 21.6. The van der Waals surface area contributed by atoms with Gasteiger partial charge in [0.15, 0.2) is 0 Å². The first kappa shape index (κ1) is 19.9. The van der Waals surface area contributed by atoms with E-state index in [4.69, 9.17) is 20.3 Å². The minimum Gasteiger partial charge on any atom is -0.464 e. The Morgan fingerprint density at radius 1 is 1.54 bits per heavy atom. The Bertz CT molecular complexity index is 855. The number of anilines is 1. The topological polar surface area (TPSA) is 154 Å². The second kappa shape index (κ2) is 7.45. The summed E-state index contributed by atoms with van der Waals surface area (Å²) in [6.07, 6.45) is 5.63. The van der Waals surface area contributed by atoms with E-state index in [1.54, 1.807) is 13.8 Å². The van der Waals surface area contributed by atoms with E-state index >= 15 is 0 Å². The Balaban J connectivity index is 2.23. The van der Waals surface area contributed by atoms with Crippen LogP contribution in [0.5, 0.6) is 0 Å². The normalized spacial score (nSPS) is 21.3. The highest BCUT2D eigenvalue weighted by Crippen LogP contribution is 2.54. The van der Waals surface area contributed by atoms with Crippen molar-refractivity contribution in [3.05, 3.63) is 40.7 Å². The van der Waals surface area contributed by atoms with E-state index in [9.17, 15) is 14.2 Å². The fourth-order valence-corrected chi connectivity index (χ4v) is 2.35. The number of phosphoric acid groups is 1. The van der Waals surface area contributed by atoms with Crippen molar-refractivity contribution in [3.63, 3.8) is 0 Å². The van der Waals surface area contributed by atoms with Crippen molar-refractivity contribution in [2.24, 2.45) is 11.3 Å². The van der Waals surface area contributed by atoms with Crippen molar-refractivity contribution >= 4 is 25.8 Å². The lowest BCUT2D eigenvalue weighted by atomic mass is 10.1. The fraction of sp³-hybridized carbons (Fsp3) is 0.400.